The average Bonchev–Trinajstić information content (AvgIpc) is 3.40. The van der Waals surface area contributed by atoms with E-state index in [-0.39, 0.29) is 41.6 Å². The minimum Gasteiger partial charge on any atom is -0.494 e. The summed E-state index contributed by atoms with van der Waals surface area (Å²) in [6.45, 7) is 7.63. The summed E-state index contributed by atoms with van der Waals surface area (Å²) in [6.07, 6.45) is 3.31. The third kappa shape index (κ3) is 6.69. The summed E-state index contributed by atoms with van der Waals surface area (Å²) >= 11 is 1.72. The number of aromatic nitrogens is 1. The van der Waals surface area contributed by atoms with Gasteiger partial charge in [0, 0.05) is 38.0 Å². The lowest BCUT2D eigenvalue weighted by atomic mass is 10.1. The Balaban J connectivity index is 0.00000320. The maximum absolute atomic E-state index is 14.0. The normalized spacial score (nSPS) is 14.9. The molecule has 0 saturated carbocycles. The van der Waals surface area contributed by atoms with Gasteiger partial charge in [-0.15, -0.1) is 35.3 Å². The highest BCUT2D eigenvalue weighted by Gasteiger charge is 2.15. The average molecular weight is 547 g/mol. The number of benzene rings is 1. The Morgan fingerprint density at radius 3 is 2.80 bits per heavy atom. The van der Waals surface area contributed by atoms with Gasteiger partial charge in [0.1, 0.15) is 0 Å². The number of hydrogen-bond acceptors (Lipinski definition) is 5. The number of rotatable bonds is 8. The number of aliphatic imine (C=N–C) groups is 1. The number of guanidine groups is 1. The highest BCUT2D eigenvalue weighted by molar-refractivity contribution is 14.0. The molecular weight excluding hydrogens is 516 g/mol. The Bertz CT molecular complexity index is 825. The van der Waals surface area contributed by atoms with Gasteiger partial charge in [0.25, 0.3) is 0 Å². The molecule has 0 amide bonds. The number of anilines is 1. The van der Waals surface area contributed by atoms with Crippen LogP contribution in [0.1, 0.15) is 44.0 Å². The van der Waals surface area contributed by atoms with Gasteiger partial charge in [-0.2, -0.15) is 0 Å². The Kier molecular flexibility index (Phi) is 10.1. The van der Waals surface area contributed by atoms with Crippen LogP contribution in [0.2, 0.25) is 0 Å². The summed E-state index contributed by atoms with van der Waals surface area (Å²) in [4.78, 5) is 11.8. The lowest BCUT2D eigenvalue weighted by Gasteiger charge is -2.18. The summed E-state index contributed by atoms with van der Waals surface area (Å²) < 4.78 is 19.0. The first-order valence-corrected chi connectivity index (χ1v) is 11.1. The first-order valence-electron chi connectivity index (χ1n) is 10.2. The van der Waals surface area contributed by atoms with E-state index in [1.807, 2.05) is 19.9 Å². The molecule has 1 saturated heterocycles. The molecule has 3 rings (SSSR count). The van der Waals surface area contributed by atoms with E-state index in [1.165, 1.54) is 26.0 Å². The molecule has 1 aromatic heterocycles. The van der Waals surface area contributed by atoms with Crippen molar-refractivity contribution in [1.82, 2.24) is 15.6 Å². The van der Waals surface area contributed by atoms with Crippen LogP contribution < -0.4 is 20.3 Å². The van der Waals surface area contributed by atoms with Gasteiger partial charge in [0.05, 0.1) is 18.8 Å². The van der Waals surface area contributed by atoms with Crippen LogP contribution in [-0.4, -0.2) is 44.2 Å². The zero-order valence-electron chi connectivity index (χ0n) is 17.8. The van der Waals surface area contributed by atoms with Crippen molar-refractivity contribution in [2.75, 3.05) is 38.2 Å². The van der Waals surface area contributed by atoms with Crippen LogP contribution in [0.25, 0.3) is 0 Å². The summed E-state index contributed by atoms with van der Waals surface area (Å²) in [5.74, 6) is 0.599. The lowest BCUT2D eigenvalue weighted by molar-refractivity contribution is 0.386. The van der Waals surface area contributed by atoms with Gasteiger partial charge in [0.15, 0.2) is 22.7 Å². The molecular formula is C21H31FIN5OS. The second kappa shape index (κ2) is 12.3. The molecule has 1 fully saturated rings. The number of nitrogens with zero attached hydrogens (tertiary/aromatic N) is 3. The van der Waals surface area contributed by atoms with Crippen LogP contribution in [0.3, 0.4) is 0 Å². The van der Waals surface area contributed by atoms with Gasteiger partial charge in [-0.05, 0) is 44.4 Å². The molecule has 0 spiro atoms. The molecule has 2 N–H and O–H groups in total. The fraction of sp³-hybridized carbons (Fsp3) is 0.524. The van der Waals surface area contributed by atoms with Crippen molar-refractivity contribution in [3.8, 4) is 5.75 Å². The van der Waals surface area contributed by atoms with Crippen molar-refractivity contribution in [2.45, 2.75) is 39.2 Å². The number of methoxy groups -OCH3 is 1. The number of hydrogen-bond donors (Lipinski definition) is 2. The molecule has 1 aliphatic rings. The number of halogens is 2. The zero-order chi connectivity index (χ0) is 20.6. The van der Waals surface area contributed by atoms with Gasteiger partial charge in [-0.3, -0.25) is 4.99 Å². The summed E-state index contributed by atoms with van der Waals surface area (Å²) in [5, 5.41) is 9.85. The summed E-state index contributed by atoms with van der Waals surface area (Å²) in [7, 11) is 1.46. The zero-order valence-corrected chi connectivity index (χ0v) is 20.9. The van der Waals surface area contributed by atoms with Crippen LogP contribution in [0.15, 0.2) is 28.6 Å². The molecule has 166 valence electrons. The monoisotopic (exact) mass is 547 g/mol. The SMILES string of the molecule is CCNC(=NCCc1csc(N2CCCC2)n1)NC(C)c1ccc(OC)c(F)c1.I. The fourth-order valence-electron chi connectivity index (χ4n) is 3.31. The molecule has 0 bridgehead atoms. The Hall–Kier alpha value is -1.62. The van der Waals surface area contributed by atoms with Gasteiger partial charge in [0.2, 0.25) is 0 Å². The van der Waals surface area contributed by atoms with Crippen molar-refractivity contribution in [1.29, 1.82) is 0 Å². The van der Waals surface area contributed by atoms with E-state index >= 15 is 0 Å². The van der Waals surface area contributed by atoms with Crippen molar-refractivity contribution >= 4 is 46.4 Å². The van der Waals surface area contributed by atoms with E-state index < -0.39 is 0 Å². The molecule has 1 aliphatic heterocycles. The standard InChI is InChI=1S/C21H30FN5OS.HI/c1-4-23-20(25-15(2)16-7-8-19(28-3)18(22)13-16)24-10-9-17-14-29-21(26-17)27-11-5-6-12-27;/h7-8,13-15H,4-6,9-12H2,1-3H3,(H2,23,24,25);1H. The first kappa shape index (κ1) is 24.6. The van der Waals surface area contributed by atoms with Crippen molar-refractivity contribution in [3.63, 3.8) is 0 Å². The highest BCUT2D eigenvalue weighted by Crippen LogP contribution is 2.24. The Morgan fingerprint density at radius 1 is 1.37 bits per heavy atom. The first-order chi connectivity index (χ1) is 14.1. The number of thiazole rings is 1. The van der Waals surface area contributed by atoms with Crippen LogP contribution in [0.4, 0.5) is 9.52 Å². The molecule has 1 atom stereocenters. The van der Waals surface area contributed by atoms with Crippen LogP contribution in [0.5, 0.6) is 5.75 Å². The lowest BCUT2D eigenvalue weighted by Crippen LogP contribution is -2.38. The quantitative estimate of drug-likeness (QED) is 0.292. The van der Waals surface area contributed by atoms with E-state index in [9.17, 15) is 4.39 Å². The molecule has 2 aromatic rings. The smallest absolute Gasteiger partial charge is 0.191 e. The van der Waals surface area contributed by atoms with Crippen LogP contribution >= 0.6 is 35.3 Å². The predicted octanol–water partition coefficient (Wildman–Crippen LogP) is 4.37. The minimum atomic E-state index is -0.363. The number of nitrogens with one attached hydrogen (secondary N) is 2. The van der Waals surface area contributed by atoms with E-state index in [4.69, 9.17) is 9.72 Å². The predicted molar refractivity (Wildman–Crippen MR) is 133 cm³/mol. The third-order valence-corrected chi connectivity index (χ3v) is 5.88. The van der Waals surface area contributed by atoms with Gasteiger partial charge < -0.3 is 20.3 Å². The van der Waals surface area contributed by atoms with Gasteiger partial charge >= 0.3 is 0 Å². The molecule has 1 unspecified atom stereocenters. The topological polar surface area (TPSA) is 61.8 Å². The molecule has 2 heterocycles. The summed E-state index contributed by atoms with van der Waals surface area (Å²) in [6, 6.07) is 4.91. The molecule has 1 aromatic carbocycles. The molecule has 0 radical (unpaired) electrons. The molecule has 9 heteroatoms. The van der Waals surface area contributed by atoms with Gasteiger partial charge in [-0.25, -0.2) is 9.37 Å². The third-order valence-electron chi connectivity index (χ3n) is 4.93. The van der Waals surface area contributed by atoms with Crippen molar-refractivity contribution < 1.29 is 9.13 Å². The largest absolute Gasteiger partial charge is 0.494 e. The molecule has 6 nitrogen and oxygen atoms in total. The second-order valence-corrected chi connectivity index (χ2v) is 7.92. The van der Waals surface area contributed by atoms with Crippen LogP contribution in [-0.2, 0) is 6.42 Å². The maximum atomic E-state index is 14.0. The van der Waals surface area contributed by atoms with E-state index in [0.29, 0.717) is 12.5 Å². The van der Waals surface area contributed by atoms with Crippen molar-refractivity contribution in [3.05, 3.63) is 40.7 Å². The minimum absolute atomic E-state index is 0. The van der Waals surface area contributed by atoms with E-state index in [1.54, 1.807) is 17.4 Å². The van der Waals surface area contributed by atoms with E-state index in [0.717, 1.165) is 42.4 Å². The Labute approximate surface area is 199 Å². The maximum Gasteiger partial charge on any atom is 0.191 e. The van der Waals surface area contributed by atoms with Crippen LogP contribution in [0, 0.1) is 5.82 Å². The Morgan fingerprint density at radius 2 is 2.13 bits per heavy atom. The molecule has 0 aliphatic carbocycles. The second-order valence-electron chi connectivity index (χ2n) is 7.09. The van der Waals surface area contributed by atoms with Crippen molar-refractivity contribution in [2.24, 2.45) is 4.99 Å². The summed E-state index contributed by atoms with van der Waals surface area (Å²) in [5.41, 5.74) is 1.92. The highest BCUT2D eigenvalue weighted by atomic mass is 127. The molecule has 30 heavy (non-hydrogen) atoms. The fourth-order valence-corrected chi connectivity index (χ4v) is 4.22. The number of ether oxygens (including phenoxy) is 1. The van der Waals surface area contributed by atoms with Gasteiger partial charge in [-0.1, -0.05) is 6.07 Å². The van der Waals surface area contributed by atoms with E-state index in [2.05, 4.69) is 25.9 Å².